The van der Waals surface area contributed by atoms with Gasteiger partial charge in [0, 0.05) is 0 Å². The summed E-state index contributed by atoms with van der Waals surface area (Å²) in [5.41, 5.74) is 3.91. The highest BCUT2D eigenvalue weighted by Crippen LogP contribution is 2.34. The largest absolute Gasteiger partial charge is 0.225 e. The Morgan fingerprint density at radius 3 is 2.00 bits per heavy atom. The standard InChI is InChI=1S/C20H21N2S/c1-4-10-17(11-5-1)19-16-22(21-14-8-3-9-15-21)23-20(19)18-12-6-2-7-13-18/h1-2,4-7,10-13,16H,3,8-9,14-15H2/q+1. The van der Waals surface area contributed by atoms with Crippen LogP contribution < -0.4 is 9.07 Å². The SMILES string of the molecule is c1ccc(-c2c[n+](N3CCCCC3)sc2-c2ccccc2)cc1. The molecule has 116 valence electrons. The first-order valence-electron chi connectivity index (χ1n) is 8.34. The van der Waals surface area contributed by atoms with E-state index in [0.29, 0.717) is 0 Å². The molecule has 2 nitrogen and oxygen atoms in total. The van der Waals surface area contributed by atoms with Gasteiger partial charge in [0.05, 0.1) is 18.7 Å². The number of nitrogens with zero attached hydrogens (tertiary/aromatic N) is 2. The van der Waals surface area contributed by atoms with Gasteiger partial charge in [-0.25, -0.2) is 0 Å². The minimum absolute atomic E-state index is 1.16. The molecule has 0 N–H and O–H groups in total. The Hall–Kier alpha value is -2.13. The van der Waals surface area contributed by atoms with Gasteiger partial charge in [-0.05, 0) is 34.5 Å². The Labute approximate surface area is 141 Å². The number of piperidine rings is 1. The summed E-state index contributed by atoms with van der Waals surface area (Å²) in [4.78, 5) is 1.35. The Balaban J connectivity index is 1.81. The molecule has 1 fully saturated rings. The fourth-order valence-electron chi connectivity index (χ4n) is 3.17. The van der Waals surface area contributed by atoms with Crippen LogP contribution in [0.1, 0.15) is 19.3 Å². The molecule has 2 heterocycles. The Morgan fingerprint density at radius 1 is 0.739 bits per heavy atom. The second kappa shape index (κ2) is 6.55. The van der Waals surface area contributed by atoms with Gasteiger partial charge in [0.2, 0.25) is 6.20 Å². The van der Waals surface area contributed by atoms with Crippen LogP contribution in [0.4, 0.5) is 0 Å². The Kier molecular flexibility index (Phi) is 4.12. The van der Waals surface area contributed by atoms with Crippen molar-refractivity contribution in [2.75, 3.05) is 18.1 Å². The molecule has 23 heavy (non-hydrogen) atoms. The summed E-state index contributed by atoms with van der Waals surface area (Å²) >= 11 is 1.86. The molecule has 0 amide bonds. The van der Waals surface area contributed by atoms with Crippen molar-refractivity contribution in [2.24, 2.45) is 0 Å². The van der Waals surface area contributed by atoms with Crippen molar-refractivity contribution in [1.29, 1.82) is 0 Å². The van der Waals surface area contributed by atoms with Gasteiger partial charge < -0.3 is 0 Å². The Bertz CT molecular complexity index is 702. The summed E-state index contributed by atoms with van der Waals surface area (Å²) in [6, 6.07) is 21.5. The van der Waals surface area contributed by atoms with Gasteiger partial charge in [0.25, 0.3) is 0 Å². The summed E-state index contributed by atoms with van der Waals surface area (Å²) < 4.78 is 2.35. The lowest BCUT2D eigenvalue weighted by Gasteiger charge is -2.19. The molecule has 3 heteroatoms. The lowest BCUT2D eigenvalue weighted by atomic mass is 10.0. The average Bonchev–Trinajstić information content (AvgIpc) is 3.09. The predicted octanol–water partition coefficient (Wildman–Crippen LogP) is 4.49. The summed E-state index contributed by atoms with van der Waals surface area (Å²) in [5.74, 6) is 0. The third-order valence-electron chi connectivity index (χ3n) is 4.40. The van der Waals surface area contributed by atoms with Crippen LogP contribution in [0.15, 0.2) is 66.9 Å². The number of rotatable bonds is 3. The molecule has 0 radical (unpaired) electrons. The van der Waals surface area contributed by atoms with Gasteiger partial charge in [0.1, 0.15) is 4.88 Å². The first kappa shape index (κ1) is 14.5. The fraction of sp³-hybridized carbons (Fsp3) is 0.250. The highest BCUT2D eigenvalue weighted by Gasteiger charge is 2.25. The van der Waals surface area contributed by atoms with Gasteiger partial charge in [-0.1, -0.05) is 60.7 Å². The molecule has 0 spiro atoms. The molecule has 0 aliphatic carbocycles. The van der Waals surface area contributed by atoms with Gasteiger partial charge in [-0.2, -0.15) is 5.01 Å². The van der Waals surface area contributed by atoms with E-state index >= 15 is 0 Å². The molecule has 1 saturated heterocycles. The first-order valence-corrected chi connectivity index (χ1v) is 9.11. The van der Waals surface area contributed by atoms with Crippen molar-refractivity contribution in [3.8, 4) is 21.6 Å². The molecule has 3 aromatic rings. The van der Waals surface area contributed by atoms with Crippen LogP contribution in [0.5, 0.6) is 0 Å². The van der Waals surface area contributed by atoms with Crippen LogP contribution in [0, 0.1) is 0 Å². The van der Waals surface area contributed by atoms with E-state index in [0.717, 1.165) is 13.1 Å². The van der Waals surface area contributed by atoms with E-state index in [2.05, 4.69) is 75.9 Å². The maximum Gasteiger partial charge on any atom is 0.225 e. The molecule has 0 bridgehead atoms. The van der Waals surface area contributed by atoms with Gasteiger partial charge in [-0.15, -0.1) is 0 Å². The van der Waals surface area contributed by atoms with Crippen molar-refractivity contribution in [1.82, 2.24) is 0 Å². The zero-order chi connectivity index (χ0) is 15.5. The quantitative estimate of drug-likeness (QED) is 0.645. The summed E-state index contributed by atoms with van der Waals surface area (Å²) in [6.45, 7) is 2.32. The molecule has 0 atom stereocenters. The van der Waals surface area contributed by atoms with Gasteiger partial charge in [-0.3, -0.25) is 0 Å². The van der Waals surface area contributed by atoms with Crippen molar-refractivity contribution in [2.45, 2.75) is 19.3 Å². The topological polar surface area (TPSA) is 7.12 Å². The van der Waals surface area contributed by atoms with E-state index in [-0.39, 0.29) is 0 Å². The van der Waals surface area contributed by atoms with E-state index in [1.807, 2.05) is 11.5 Å². The minimum atomic E-state index is 1.16. The smallest absolute Gasteiger partial charge is 0.168 e. The molecular formula is C20H21N2S+. The molecule has 4 rings (SSSR count). The van der Waals surface area contributed by atoms with E-state index in [9.17, 15) is 0 Å². The lowest BCUT2D eigenvalue weighted by molar-refractivity contribution is -0.626. The molecule has 2 aromatic carbocycles. The molecule has 1 aliphatic heterocycles. The minimum Gasteiger partial charge on any atom is -0.168 e. The predicted molar refractivity (Wildman–Crippen MR) is 97.2 cm³/mol. The highest BCUT2D eigenvalue weighted by atomic mass is 32.1. The van der Waals surface area contributed by atoms with E-state index < -0.39 is 0 Å². The van der Waals surface area contributed by atoms with Crippen LogP contribution in [-0.2, 0) is 0 Å². The molecule has 1 aliphatic rings. The van der Waals surface area contributed by atoms with Crippen LogP contribution in [-0.4, -0.2) is 13.1 Å². The lowest BCUT2D eigenvalue weighted by Crippen LogP contribution is -2.57. The monoisotopic (exact) mass is 321 g/mol. The van der Waals surface area contributed by atoms with Gasteiger partial charge in [0.15, 0.2) is 11.5 Å². The van der Waals surface area contributed by atoms with Crippen LogP contribution in [0.2, 0.25) is 0 Å². The van der Waals surface area contributed by atoms with Crippen molar-refractivity contribution in [3.63, 3.8) is 0 Å². The first-order chi connectivity index (χ1) is 11.4. The van der Waals surface area contributed by atoms with E-state index in [1.54, 1.807) is 0 Å². The molecule has 0 unspecified atom stereocenters. The van der Waals surface area contributed by atoms with Crippen molar-refractivity contribution < 1.29 is 4.07 Å². The van der Waals surface area contributed by atoms with Crippen LogP contribution >= 0.6 is 11.5 Å². The number of benzene rings is 2. The third kappa shape index (κ3) is 3.02. The maximum atomic E-state index is 2.48. The van der Waals surface area contributed by atoms with Crippen LogP contribution in [0.25, 0.3) is 21.6 Å². The summed E-state index contributed by atoms with van der Waals surface area (Å²) in [7, 11) is 0. The normalized spacial score (nSPS) is 14.9. The second-order valence-electron chi connectivity index (χ2n) is 6.01. The summed E-state index contributed by atoms with van der Waals surface area (Å²) in [6.07, 6.45) is 6.27. The number of hydrogen-bond donors (Lipinski definition) is 0. The number of hydrogen-bond acceptors (Lipinski definition) is 2. The highest BCUT2D eigenvalue weighted by molar-refractivity contribution is 7.06. The molecule has 1 aromatic heterocycles. The zero-order valence-electron chi connectivity index (χ0n) is 13.2. The second-order valence-corrected chi connectivity index (χ2v) is 6.98. The molecular weight excluding hydrogens is 300 g/mol. The van der Waals surface area contributed by atoms with Crippen molar-refractivity contribution in [3.05, 3.63) is 66.9 Å². The molecule has 0 saturated carbocycles. The Morgan fingerprint density at radius 2 is 1.35 bits per heavy atom. The van der Waals surface area contributed by atoms with Crippen molar-refractivity contribution >= 4 is 11.5 Å². The van der Waals surface area contributed by atoms with Gasteiger partial charge >= 0.3 is 0 Å². The number of aromatic nitrogens is 1. The van der Waals surface area contributed by atoms with E-state index in [4.69, 9.17) is 0 Å². The van der Waals surface area contributed by atoms with E-state index in [1.165, 1.54) is 40.8 Å². The zero-order valence-corrected chi connectivity index (χ0v) is 14.0. The summed E-state index contributed by atoms with van der Waals surface area (Å²) in [5, 5.41) is 2.48. The maximum absolute atomic E-state index is 2.48. The average molecular weight is 321 g/mol. The fourth-order valence-corrected chi connectivity index (χ4v) is 4.31. The van der Waals surface area contributed by atoms with Crippen LogP contribution in [0.3, 0.4) is 0 Å². The third-order valence-corrected chi connectivity index (χ3v) is 5.56.